The van der Waals surface area contributed by atoms with E-state index in [1.54, 1.807) is 0 Å². The number of carbonyl (C=O) groups is 1. The van der Waals surface area contributed by atoms with E-state index in [2.05, 4.69) is 15.9 Å². The third-order valence-electron chi connectivity index (χ3n) is 2.62. The molecular weight excluding hydrogens is 324 g/mol. The van der Waals surface area contributed by atoms with Crippen molar-refractivity contribution < 1.29 is 23.1 Å². The molecule has 1 N–H and O–H groups in total. The average molecular weight is 337 g/mol. The number of sulfone groups is 1. The lowest BCUT2D eigenvalue weighted by Gasteiger charge is -2.20. The fourth-order valence-corrected chi connectivity index (χ4v) is 3.26. The quantitative estimate of drug-likeness (QED) is 0.910. The van der Waals surface area contributed by atoms with Crippen LogP contribution in [-0.2, 0) is 14.6 Å². The lowest BCUT2D eigenvalue weighted by atomic mass is 10.2. The molecule has 0 spiro atoms. The molecule has 1 rings (SSSR count). The van der Waals surface area contributed by atoms with Gasteiger partial charge >= 0.3 is 5.97 Å². The van der Waals surface area contributed by atoms with Crippen LogP contribution in [0.1, 0.15) is 13.8 Å². The Bertz CT molecular complexity index is 577. The Balaban J connectivity index is 3.39. The molecular formula is C11H13BrO5S. The summed E-state index contributed by atoms with van der Waals surface area (Å²) >= 11 is 3.17. The lowest BCUT2D eigenvalue weighted by Crippen LogP contribution is -2.40. The topological polar surface area (TPSA) is 80.7 Å². The summed E-state index contributed by atoms with van der Waals surface area (Å²) in [6, 6.07) is 4.12. The standard InChI is InChI=1S/C11H13BrO5S/c1-11(2,10(13)14)18(15,16)7-4-5-9(17-3)8(12)6-7/h4-6H,1-3H3,(H,13,14). The number of halogens is 1. The fraction of sp³-hybridized carbons (Fsp3) is 0.364. The highest BCUT2D eigenvalue weighted by molar-refractivity contribution is 9.10. The molecule has 0 heterocycles. The summed E-state index contributed by atoms with van der Waals surface area (Å²) < 4.78 is 28.0. The molecule has 0 atom stereocenters. The molecule has 0 aliphatic rings. The number of hydrogen-bond acceptors (Lipinski definition) is 4. The van der Waals surface area contributed by atoms with E-state index in [1.165, 1.54) is 25.3 Å². The number of carboxylic acid groups (broad SMARTS) is 1. The van der Waals surface area contributed by atoms with Gasteiger partial charge in [-0.15, -0.1) is 0 Å². The molecule has 0 fully saturated rings. The number of carboxylic acids is 1. The van der Waals surface area contributed by atoms with Crippen LogP contribution < -0.4 is 4.74 Å². The van der Waals surface area contributed by atoms with Crippen LogP contribution in [-0.4, -0.2) is 31.4 Å². The Morgan fingerprint density at radius 3 is 2.33 bits per heavy atom. The van der Waals surface area contributed by atoms with Gasteiger partial charge in [0.2, 0.25) is 0 Å². The monoisotopic (exact) mass is 336 g/mol. The van der Waals surface area contributed by atoms with E-state index in [4.69, 9.17) is 9.84 Å². The van der Waals surface area contributed by atoms with E-state index in [0.29, 0.717) is 10.2 Å². The second-order valence-corrected chi connectivity index (χ2v) is 7.47. The highest BCUT2D eigenvalue weighted by Gasteiger charge is 2.43. The van der Waals surface area contributed by atoms with E-state index in [9.17, 15) is 13.2 Å². The summed E-state index contributed by atoms with van der Waals surface area (Å²) in [6.07, 6.45) is 0. The van der Waals surface area contributed by atoms with Gasteiger partial charge in [-0.3, -0.25) is 4.79 Å². The molecule has 0 saturated heterocycles. The molecule has 7 heteroatoms. The molecule has 0 saturated carbocycles. The molecule has 0 aliphatic carbocycles. The third-order valence-corrected chi connectivity index (χ3v) is 5.63. The first-order chi connectivity index (χ1) is 8.14. The predicted molar refractivity (Wildman–Crippen MR) is 69.6 cm³/mol. The van der Waals surface area contributed by atoms with Crippen molar-refractivity contribution in [3.8, 4) is 5.75 Å². The molecule has 5 nitrogen and oxygen atoms in total. The van der Waals surface area contributed by atoms with Crippen LogP contribution in [0, 0.1) is 0 Å². The van der Waals surface area contributed by atoms with Crippen molar-refractivity contribution in [3.63, 3.8) is 0 Å². The van der Waals surface area contributed by atoms with Gasteiger partial charge in [-0.1, -0.05) is 0 Å². The SMILES string of the molecule is COc1ccc(S(=O)(=O)C(C)(C)C(=O)O)cc1Br. The first-order valence-corrected chi connectivity index (χ1v) is 7.23. The zero-order valence-electron chi connectivity index (χ0n) is 10.1. The lowest BCUT2D eigenvalue weighted by molar-refractivity contribution is -0.139. The van der Waals surface area contributed by atoms with Crippen LogP contribution >= 0.6 is 15.9 Å². The zero-order valence-corrected chi connectivity index (χ0v) is 12.5. The minimum absolute atomic E-state index is 0.0671. The summed E-state index contributed by atoms with van der Waals surface area (Å²) in [5.41, 5.74) is 0. The number of methoxy groups -OCH3 is 1. The van der Waals surface area contributed by atoms with Crippen molar-refractivity contribution in [3.05, 3.63) is 22.7 Å². The highest BCUT2D eigenvalue weighted by atomic mass is 79.9. The summed E-state index contributed by atoms with van der Waals surface area (Å²) in [5.74, 6) is -0.920. The van der Waals surface area contributed by atoms with Crippen LogP contribution in [0.3, 0.4) is 0 Å². The van der Waals surface area contributed by atoms with E-state index in [0.717, 1.165) is 13.8 Å². The van der Waals surface area contributed by atoms with Gasteiger partial charge in [-0.25, -0.2) is 8.42 Å². The second-order valence-electron chi connectivity index (χ2n) is 4.12. The van der Waals surface area contributed by atoms with Crippen molar-refractivity contribution in [2.75, 3.05) is 7.11 Å². The van der Waals surface area contributed by atoms with Crippen LogP contribution in [0.4, 0.5) is 0 Å². The van der Waals surface area contributed by atoms with Gasteiger partial charge in [0.05, 0.1) is 16.5 Å². The Morgan fingerprint density at radius 1 is 1.39 bits per heavy atom. The van der Waals surface area contributed by atoms with Gasteiger partial charge in [0.25, 0.3) is 0 Å². The van der Waals surface area contributed by atoms with Gasteiger partial charge < -0.3 is 9.84 Å². The second kappa shape index (κ2) is 4.89. The van der Waals surface area contributed by atoms with Crippen LogP contribution in [0.2, 0.25) is 0 Å². The molecule has 100 valence electrons. The van der Waals surface area contributed by atoms with Crippen LogP contribution in [0.5, 0.6) is 5.75 Å². The van der Waals surface area contributed by atoms with E-state index in [-0.39, 0.29) is 4.90 Å². The van der Waals surface area contributed by atoms with E-state index in [1.807, 2.05) is 0 Å². The van der Waals surface area contributed by atoms with Crippen molar-refractivity contribution in [1.29, 1.82) is 0 Å². The maximum atomic E-state index is 12.2. The molecule has 0 aromatic heterocycles. The molecule has 18 heavy (non-hydrogen) atoms. The van der Waals surface area contributed by atoms with Crippen LogP contribution in [0.15, 0.2) is 27.6 Å². The molecule has 0 unspecified atom stereocenters. The number of aliphatic carboxylic acids is 1. The first kappa shape index (κ1) is 15.0. The Labute approximate surface area is 114 Å². The van der Waals surface area contributed by atoms with E-state index >= 15 is 0 Å². The van der Waals surface area contributed by atoms with Gasteiger partial charge in [-0.2, -0.15) is 0 Å². The minimum Gasteiger partial charge on any atom is -0.496 e. The third kappa shape index (κ3) is 2.37. The van der Waals surface area contributed by atoms with Crippen molar-refractivity contribution in [1.82, 2.24) is 0 Å². The number of ether oxygens (including phenoxy) is 1. The fourth-order valence-electron chi connectivity index (χ4n) is 1.22. The van der Waals surface area contributed by atoms with E-state index < -0.39 is 20.6 Å². The predicted octanol–water partition coefficient (Wildman–Crippen LogP) is 2.09. The number of hydrogen-bond donors (Lipinski definition) is 1. The van der Waals surface area contributed by atoms with Gasteiger partial charge in [0.1, 0.15) is 5.75 Å². The number of benzene rings is 1. The van der Waals surface area contributed by atoms with Gasteiger partial charge in [0.15, 0.2) is 14.6 Å². The van der Waals surface area contributed by atoms with Gasteiger partial charge in [0, 0.05) is 0 Å². The minimum atomic E-state index is -3.97. The van der Waals surface area contributed by atoms with Gasteiger partial charge in [-0.05, 0) is 48.0 Å². The largest absolute Gasteiger partial charge is 0.496 e. The maximum Gasteiger partial charge on any atom is 0.324 e. The van der Waals surface area contributed by atoms with Crippen molar-refractivity contribution in [2.45, 2.75) is 23.5 Å². The summed E-state index contributed by atoms with van der Waals surface area (Å²) in [6.45, 7) is 2.31. The molecule has 0 bridgehead atoms. The zero-order chi connectivity index (χ0) is 14.1. The normalized spacial score (nSPS) is 12.2. The Morgan fingerprint density at radius 2 is 1.94 bits per heavy atom. The van der Waals surface area contributed by atoms with Crippen molar-refractivity contribution in [2.24, 2.45) is 0 Å². The average Bonchev–Trinajstić information content (AvgIpc) is 2.28. The molecule has 1 aromatic carbocycles. The van der Waals surface area contributed by atoms with Crippen molar-refractivity contribution >= 4 is 31.7 Å². The summed E-state index contributed by atoms with van der Waals surface area (Å²) in [7, 11) is -2.52. The molecule has 0 aliphatic heterocycles. The highest BCUT2D eigenvalue weighted by Crippen LogP contribution is 2.32. The number of rotatable bonds is 4. The molecule has 0 radical (unpaired) electrons. The van der Waals surface area contributed by atoms with Crippen LogP contribution in [0.25, 0.3) is 0 Å². The Kier molecular flexibility index (Phi) is 4.07. The summed E-state index contributed by atoms with van der Waals surface area (Å²) in [5, 5.41) is 8.99. The first-order valence-electron chi connectivity index (χ1n) is 4.96. The summed E-state index contributed by atoms with van der Waals surface area (Å²) in [4.78, 5) is 11.0. The molecule has 0 amide bonds. The Hall–Kier alpha value is -1.08. The smallest absolute Gasteiger partial charge is 0.324 e. The molecule has 1 aromatic rings. The maximum absolute atomic E-state index is 12.2.